The van der Waals surface area contributed by atoms with E-state index in [9.17, 15) is 8.78 Å². The fourth-order valence-electron chi connectivity index (χ4n) is 2.63. The topological polar surface area (TPSA) is 15.3 Å². The Morgan fingerprint density at radius 3 is 2.50 bits per heavy atom. The summed E-state index contributed by atoms with van der Waals surface area (Å²) in [7, 11) is 0. The molecule has 114 valence electrons. The molecule has 0 saturated carbocycles. The highest BCUT2D eigenvalue weighted by molar-refractivity contribution is 5.85. The predicted molar refractivity (Wildman–Crippen MR) is 80.6 cm³/mol. The molecule has 5 heteroatoms. The van der Waals surface area contributed by atoms with Crippen LogP contribution in [0.3, 0.4) is 0 Å². The highest BCUT2D eigenvalue weighted by Crippen LogP contribution is 2.20. The maximum atomic E-state index is 12.5. The predicted octanol–water partition coefficient (Wildman–Crippen LogP) is 3.62. The summed E-state index contributed by atoms with van der Waals surface area (Å²) >= 11 is 0. The van der Waals surface area contributed by atoms with E-state index in [1.165, 1.54) is 18.6 Å². The average molecular weight is 305 g/mol. The molecule has 0 spiro atoms. The van der Waals surface area contributed by atoms with Crippen LogP contribution in [0.15, 0.2) is 24.3 Å². The molecule has 1 unspecified atom stereocenters. The van der Waals surface area contributed by atoms with Crippen molar-refractivity contribution in [1.82, 2.24) is 10.2 Å². The number of hydrogen-bond acceptors (Lipinski definition) is 2. The second kappa shape index (κ2) is 8.55. The summed E-state index contributed by atoms with van der Waals surface area (Å²) < 4.78 is 25.0. The number of rotatable bonds is 6. The van der Waals surface area contributed by atoms with Crippen LogP contribution in [0.25, 0.3) is 0 Å². The first-order valence-electron chi connectivity index (χ1n) is 7.02. The maximum Gasteiger partial charge on any atom is 0.263 e. The standard InChI is InChI=1S/C15H22F2N2.ClH/c1-2-9-19(14-7-8-18-10-14)11-12-3-5-13(6-4-12)15(16)17;/h3-6,14-15,18H,2,7-11H2,1H3;1H. The van der Waals surface area contributed by atoms with Crippen molar-refractivity contribution < 1.29 is 8.78 Å². The zero-order chi connectivity index (χ0) is 13.7. The molecule has 1 fully saturated rings. The highest BCUT2D eigenvalue weighted by Gasteiger charge is 2.21. The van der Waals surface area contributed by atoms with E-state index < -0.39 is 6.43 Å². The summed E-state index contributed by atoms with van der Waals surface area (Å²) in [6.45, 7) is 6.20. The molecular weight excluding hydrogens is 282 g/mol. The molecule has 0 aliphatic carbocycles. The van der Waals surface area contributed by atoms with Gasteiger partial charge in [-0.2, -0.15) is 0 Å². The lowest BCUT2D eigenvalue weighted by Crippen LogP contribution is -2.36. The van der Waals surface area contributed by atoms with Crippen LogP contribution in [0.5, 0.6) is 0 Å². The largest absolute Gasteiger partial charge is 0.315 e. The Hall–Kier alpha value is -0.710. The van der Waals surface area contributed by atoms with Gasteiger partial charge in [0.2, 0.25) is 0 Å². The van der Waals surface area contributed by atoms with E-state index in [4.69, 9.17) is 0 Å². The third kappa shape index (κ3) is 4.69. The summed E-state index contributed by atoms with van der Waals surface area (Å²) in [5.74, 6) is 0. The van der Waals surface area contributed by atoms with E-state index in [1.807, 2.05) is 12.1 Å². The van der Waals surface area contributed by atoms with Gasteiger partial charge in [-0.1, -0.05) is 31.2 Å². The van der Waals surface area contributed by atoms with Gasteiger partial charge in [-0.25, -0.2) is 8.78 Å². The normalized spacial score (nSPS) is 18.6. The molecule has 1 aromatic rings. The molecule has 1 N–H and O–H groups in total. The monoisotopic (exact) mass is 304 g/mol. The van der Waals surface area contributed by atoms with Gasteiger partial charge >= 0.3 is 0 Å². The maximum absolute atomic E-state index is 12.5. The van der Waals surface area contributed by atoms with E-state index in [0.29, 0.717) is 6.04 Å². The second-order valence-electron chi connectivity index (χ2n) is 5.16. The van der Waals surface area contributed by atoms with Gasteiger partial charge in [-0.05, 0) is 31.5 Å². The fourth-order valence-corrected chi connectivity index (χ4v) is 2.63. The van der Waals surface area contributed by atoms with Gasteiger partial charge in [0.25, 0.3) is 6.43 Å². The van der Waals surface area contributed by atoms with Crippen molar-refractivity contribution in [1.29, 1.82) is 0 Å². The summed E-state index contributed by atoms with van der Waals surface area (Å²) in [5, 5.41) is 3.38. The Morgan fingerprint density at radius 2 is 2.00 bits per heavy atom. The third-order valence-electron chi connectivity index (χ3n) is 3.68. The van der Waals surface area contributed by atoms with Gasteiger partial charge < -0.3 is 5.32 Å². The van der Waals surface area contributed by atoms with Crippen LogP contribution in [0, 0.1) is 0 Å². The fraction of sp³-hybridized carbons (Fsp3) is 0.600. The molecule has 1 saturated heterocycles. The summed E-state index contributed by atoms with van der Waals surface area (Å²) in [5.41, 5.74) is 1.22. The Morgan fingerprint density at radius 1 is 1.30 bits per heavy atom. The van der Waals surface area contributed by atoms with E-state index >= 15 is 0 Å². The Kier molecular flexibility index (Phi) is 7.41. The van der Waals surface area contributed by atoms with Gasteiger partial charge in [-0.3, -0.25) is 4.90 Å². The van der Waals surface area contributed by atoms with Gasteiger partial charge in [0.05, 0.1) is 0 Å². The van der Waals surface area contributed by atoms with Crippen molar-refractivity contribution in [3.8, 4) is 0 Å². The van der Waals surface area contributed by atoms with Crippen molar-refractivity contribution in [2.45, 2.75) is 38.8 Å². The van der Waals surface area contributed by atoms with Gasteiger partial charge in [0.1, 0.15) is 0 Å². The SMILES string of the molecule is CCCN(Cc1ccc(C(F)F)cc1)C1CCNC1.Cl. The molecule has 0 bridgehead atoms. The average Bonchev–Trinajstić information content (AvgIpc) is 2.92. The first-order chi connectivity index (χ1) is 9.20. The molecule has 2 nitrogen and oxygen atoms in total. The lowest BCUT2D eigenvalue weighted by molar-refractivity contribution is 0.151. The third-order valence-corrected chi connectivity index (χ3v) is 3.68. The molecule has 1 aromatic carbocycles. The minimum absolute atomic E-state index is 0. The van der Waals surface area contributed by atoms with E-state index in [2.05, 4.69) is 17.1 Å². The molecule has 1 aliphatic heterocycles. The number of nitrogens with one attached hydrogen (secondary N) is 1. The minimum atomic E-state index is -2.38. The molecule has 1 heterocycles. The highest BCUT2D eigenvalue weighted by atomic mass is 35.5. The van der Waals surface area contributed by atoms with Crippen molar-refractivity contribution in [3.63, 3.8) is 0 Å². The van der Waals surface area contributed by atoms with Crippen LogP contribution in [0.1, 0.15) is 37.3 Å². The molecular formula is C15H23ClF2N2. The van der Waals surface area contributed by atoms with Crippen LogP contribution in [0.4, 0.5) is 8.78 Å². The van der Waals surface area contributed by atoms with Crippen LogP contribution >= 0.6 is 12.4 Å². The van der Waals surface area contributed by atoms with Gasteiger partial charge in [0, 0.05) is 24.7 Å². The van der Waals surface area contributed by atoms with Crippen LogP contribution in [-0.4, -0.2) is 30.6 Å². The Labute approximate surface area is 126 Å². The van der Waals surface area contributed by atoms with Crippen molar-refractivity contribution >= 4 is 12.4 Å². The molecule has 1 atom stereocenters. The van der Waals surface area contributed by atoms with Gasteiger partial charge in [-0.15, -0.1) is 12.4 Å². The lowest BCUT2D eigenvalue weighted by Gasteiger charge is -2.28. The number of hydrogen-bond donors (Lipinski definition) is 1. The minimum Gasteiger partial charge on any atom is -0.315 e. The van der Waals surface area contributed by atoms with Crippen LogP contribution < -0.4 is 5.32 Å². The quantitative estimate of drug-likeness (QED) is 0.863. The number of benzene rings is 1. The van der Waals surface area contributed by atoms with Crippen LogP contribution in [0.2, 0.25) is 0 Å². The van der Waals surface area contributed by atoms with Crippen LogP contribution in [-0.2, 0) is 6.54 Å². The number of halogens is 3. The first-order valence-corrected chi connectivity index (χ1v) is 7.02. The van der Waals surface area contributed by atoms with Crippen molar-refractivity contribution in [3.05, 3.63) is 35.4 Å². The number of alkyl halides is 2. The zero-order valence-corrected chi connectivity index (χ0v) is 12.6. The Balaban J connectivity index is 0.00000200. The summed E-state index contributed by atoms with van der Waals surface area (Å²) in [6, 6.07) is 7.31. The molecule has 0 amide bonds. The number of nitrogens with zero attached hydrogens (tertiary/aromatic N) is 1. The summed E-state index contributed by atoms with van der Waals surface area (Å²) in [6.07, 6.45) is -0.0828. The summed E-state index contributed by atoms with van der Waals surface area (Å²) in [4.78, 5) is 2.46. The lowest BCUT2D eigenvalue weighted by atomic mass is 10.1. The van der Waals surface area contributed by atoms with Gasteiger partial charge in [0.15, 0.2) is 0 Å². The molecule has 20 heavy (non-hydrogen) atoms. The van der Waals surface area contributed by atoms with E-state index in [0.717, 1.165) is 38.2 Å². The molecule has 0 aromatic heterocycles. The molecule has 1 aliphatic rings. The first kappa shape index (κ1) is 17.3. The zero-order valence-electron chi connectivity index (χ0n) is 11.8. The smallest absolute Gasteiger partial charge is 0.263 e. The Bertz CT molecular complexity index is 378. The van der Waals surface area contributed by atoms with Crippen molar-refractivity contribution in [2.75, 3.05) is 19.6 Å². The van der Waals surface area contributed by atoms with E-state index in [-0.39, 0.29) is 18.0 Å². The molecule has 0 radical (unpaired) electrons. The van der Waals surface area contributed by atoms with E-state index in [1.54, 1.807) is 0 Å². The van der Waals surface area contributed by atoms with Crippen molar-refractivity contribution in [2.24, 2.45) is 0 Å². The second-order valence-corrected chi connectivity index (χ2v) is 5.16. The molecule has 2 rings (SSSR count).